The molecule has 0 aliphatic heterocycles. The maximum Gasteiger partial charge on any atom is 0.213 e. The maximum absolute atomic E-state index is 11.3. The van der Waals surface area contributed by atoms with E-state index in [1.807, 2.05) is 20.8 Å². The Bertz CT molecular complexity index is 551. The van der Waals surface area contributed by atoms with Crippen LogP contribution < -0.4 is 15.4 Å². The Hall–Kier alpha value is -1.41. The molecule has 1 aromatic heterocycles. The molecule has 0 aromatic carbocycles. The maximum atomic E-state index is 11.3. The normalized spacial score (nSPS) is 12.2. The van der Waals surface area contributed by atoms with Gasteiger partial charge in [0.2, 0.25) is 10.0 Å². The standard InChI is InChI=1S/C12H23N5O2S/c1-12(2,3)11-16-9(13-4)8-10(17-11)15-6-7-20(18,19)14-5/h8,14H,6-7H2,1-5H3,(H2,13,15,16,17). The molecule has 7 nitrogen and oxygen atoms in total. The smallest absolute Gasteiger partial charge is 0.213 e. The molecule has 0 saturated carbocycles. The number of nitrogens with zero attached hydrogens (tertiary/aromatic N) is 2. The Labute approximate surface area is 120 Å². The van der Waals surface area contributed by atoms with Crippen molar-refractivity contribution in [3.05, 3.63) is 11.9 Å². The average molecular weight is 301 g/mol. The summed E-state index contributed by atoms with van der Waals surface area (Å²) in [5.74, 6) is 2.00. The molecule has 114 valence electrons. The minimum absolute atomic E-state index is 0.00671. The summed E-state index contributed by atoms with van der Waals surface area (Å²) in [5, 5.41) is 5.99. The Balaban J connectivity index is 2.85. The predicted octanol–water partition coefficient (Wildman–Crippen LogP) is 0.777. The molecule has 1 aromatic rings. The fourth-order valence-corrected chi connectivity index (χ4v) is 1.99. The van der Waals surface area contributed by atoms with Crippen molar-refractivity contribution in [2.45, 2.75) is 26.2 Å². The zero-order valence-corrected chi connectivity index (χ0v) is 13.4. The topological polar surface area (TPSA) is 96.0 Å². The first-order valence-corrected chi connectivity index (χ1v) is 8.05. The molecular weight excluding hydrogens is 278 g/mol. The van der Waals surface area contributed by atoms with Gasteiger partial charge in [0.15, 0.2) is 0 Å². The third-order valence-corrected chi connectivity index (χ3v) is 4.00. The SMILES string of the molecule is CNc1cc(NCCS(=O)(=O)NC)nc(C(C)(C)C)n1. The van der Waals surface area contributed by atoms with Gasteiger partial charge in [-0.3, -0.25) is 0 Å². The van der Waals surface area contributed by atoms with Crippen molar-refractivity contribution >= 4 is 21.7 Å². The van der Waals surface area contributed by atoms with Gasteiger partial charge in [0.25, 0.3) is 0 Å². The number of anilines is 2. The summed E-state index contributed by atoms with van der Waals surface area (Å²) in [5.41, 5.74) is -0.180. The van der Waals surface area contributed by atoms with Gasteiger partial charge < -0.3 is 10.6 Å². The number of nitrogens with one attached hydrogen (secondary N) is 3. The summed E-state index contributed by atoms with van der Waals surface area (Å²) in [6.45, 7) is 6.36. The summed E-state index contributed by atoms with van der Waals surface area (Å²) >= 11 is 0. The molecule has 0 aliphatic carbocycles. The number of aromatic nitrogens is 2. The van der Waals surface area contributed by atoms with Crippen LogP contribution in [0.4, 0.5) is 11.6 Å². The molecule has 0 unspecified atom stereocenters. The van der Waals surface area contributed by atoms with E-state index in [-0.39, 0.29) is 17.7 Å². The zero-order chi connectivity index (χ0) is 15.4. The van der Waals surface area contributed by atoms with Crippen molar-refractivity contribution in [2.75, 3.05) is 37.0 Å². The van der Waals surface area contributed by atoms with Crippen LogP contribution in [0.25, 0.3) is 0 Å². The molecule has 0 amide bonds. The highest BCUT2D eigenvalue weighted by Crippen LogP contribution is 2.21. The minimum atomic E-state index is -3.22. The second kappa shape index (κ2) is 6.36. The van der Waals surface area contributed by atoms with E-state index in [1.165, 1.54) is 7.05 Å². The van der Waals surface area contributed by atoms with E-state index in [0.717, 1.165) is 0 Å². The Kier molecular flexibility index (Phi) is 5.29. The van der Waals surface area contributed by atoms with Gasteiger partial charge in [0.1, 0.15) is 17.5 Å². The van der Waals surface area contributed by atoms with E-state index in [4.69, 9.17) is 0 Å². The zero-order valence-electron chi connectivity index (χ0n) is 12.6. The van der Waals surface area contributed by atoms with E-state index in [2.05, 4.69) is 25.3 Å². The molecule has 0 fully saturated rings. The fraction of sp³-hybridized carbons (Fsp3) is 0.667. The van der Waals surface area contributed by atoms with Crippen molar-refractivity contribution in [3.8, 4) is 0 Å². The van der Waals surface area contributed by atoms with Crippen molar-refractivity contribution < 1.29 is 8.42 Å². The van der Waals surface area contributed by atoms with Gasteiger partial charge in [-0.05, 0) is 7.05 Å². The van der Waals surface area contributed by atoms with Crippen LogP contribution in [0.5, 0.6) is 0 Å². The van der Waals surface area contributed by atoms with Gasteiger partial charge in [-0.25, -0.2) is 23.1 Å². The number of hydrogen-bond donors (Lipinski definition) is 3. The Morgan fingerprint density at radius 3 is 2.25 bits per heavy atom. The third-order valence-electron chi connectivity index (χ3n) is 2.64. The van der Waals surface area contributed by atoms with Crippen LogP contribution in [-0.2, 0) is 15.4 Å². The molecule has 8 heteroatoms. The molecule has 20 heavy (non-hydrogen) atoms. The predicted molar refractivity (Wildman–Crippen MR) is 81.6 cm³/mol. The van der Waals surface area contributed by atoms with E-state index >= 15 is 0 Å². The largest absolute Gasteiger partial charge is 0.373 e. The third kappa shape index (κ3) is 4.93. The molecule has 0 atom stereocenters. The van der Waals surface area contributed by atoms with E-state index in [1.54, 1.807) is 13.1 Å². The Morgan fingerprint density at radius 1 is 1.15 bits per heavy atom. The lowest BCUT2D eigenvalue weighted by Crippen LogP contribution is -2.26. The summed E-state index contributed by atoms with van der Waals surface area (Å²) < 4.78 is 25.0. The molecule has 0 radical (unpaired) electrons. The van der Waals surface area contributed by atoms with E-state index in [0.29, 0.717) is 17.5 Å². The Morgan fingerprint density at radius 2 is 1.75 bits per heavy atom. The van der Waals surface area contributed by atoms with Crippen LogP contribution in [0.1, 0.15) is 26.6 Å². The number of hydrogen-bond acceptors (Lipinski definition) is 6. The van der Waals surface area contributed by atoms with Crippen LogP contribution in [0.15, 0.2) is 6.07 Å². The van der Waals surface area contributed by atoms with Crippen LogP contribution in [0, 0.1) is 0 Å². The highest BCUT2D eigenvalue weighted by atomic mass is 32.2. The van der Waals surface area contributed by atoms with Gasteiger partial charge in [0, 0.05) is 25.1 Å². The monoisotopic (exact) mass is 301 g/mol. The number of sulfonamides is 1. The lowest BCUT2D eigenvalue weighted by molar-refractivity contribution is 0.546. The highest BCUT2D eigenvalue weighted by molar-refractivity contribution is 7.89. The minimum Gasteiger partial charge on any atom is -0.373 e. The van der Waals surface area contributed by atoms with E-state index < -0.39 is 10.0 Å². The van der Waals surface area contributed by atoms with Crippen molar-refractivity contribution in [1.82, 2.24) is 14.7 Å². The first-order valence-electron chi connectivity index (χ1n) is 6.40. The highest BCUT2D eigenvalue weighted by Gasteiger charge is 2.19. The van der Waals surface area contributed by atoms with Crippen LogP contribution in [-0.4, -0.2) is 44.8 Å². The lowest BCUT2D eigenvalue weighted by Gasteiger charge is -2.18. The summed E-state index contributed by atoms with van der Waals surface area (Å²) in [4.78, 5) is 8.82. The van der Waals surface area contributed by atoms with Gasteiger partial charge in [-0.1, -0.05) is 20.8 Å². The van der Waals surface area contributed by atoms with Gasteiger partial charge in [0.05, 0.1) is 5.75 Å². The molecular formula is C12H23N5O2S. The van der Waals surface area contributed by atoms with Crippen molar-refractivity contribution in [2.24, 2.45) is 0 Å². The molecule has 0 spiro atoms. The molecule has 0 bridgehead atoms. The van der Waals surface area contributed by atoms with Gasteiger partial charge in [-0.15, -0.1) is 0 Å². The second-order valence-corrected chi connectivity index (χ2v) is 7.46. The van der Waals surface area contributed by atoms with Gasteiger partial charge in [-0.2, -0.15) is 0 Å². The molecule has 3 N–H and O–H groups in total. The van der Waals surface area contributed by atoms with E-state index in [9.17, 15) is 8.42 Å². The molecule has 0 saturated heterocycles. The van der Waals surface area contributed by atoms with Crippen molar-refractivity contribution in [3.63, 3.8) is 0 Å². The molecule has 0 aliphatic rings. The van der Waals surface area contributed by atoms with Crippen LogP contribution >= 0.6 is 0 Å². The molecule has 1 heterocycles. The first-order chi connectivity index (χ1) is 9.18. The fourth-order valence-electron chi connectivity index (χ4n) is 1.42. The first kappa shape index (κ1) is 16.6. The summed E-state index contributed by atoms with van der Waals surface area (Å²) in [6.07, 6.45) is 0. The quantitative estimate of drug-likeness (QED) is 0.718. The number of rotatable bonds is 6. The summed E-state index contributed by atoms with van der Waals surface area (Å²) in [6, 6.07) is 1.75. The summed E-state index contributed by atoms with van der Waals surface area (Å²) in [7, 11) is -0.0340. The van der Waals surface area contributed by atoms with Crippen LogP contribution in [0.2, 0.25) is 0 Å². The van der Waals surface area contributed by atoms with Gasteiger partial charge >= 0.3 is 0 Å². The van der Waals surface area contributed by atoms with Crippen molar-refractivity contribution in [1.29, 1.82) is 0 Å². The average Bonchev–Trinajstić information content (AvgIpc) is 2.37. The second-order valence-electron chi connectivity index (χ2n) is 5.41. The lowest BCUT2D eigenvalue weighted by atomic mass is 9.96. The van der Waals surface area contributed by atoms with Crippen LogP contribution in [0.3, 0.4) is 0 Å². The molecule has 1 rings (SSSR count).